The number of amides is 1. The second-order valence-electron chi connectivity index (χ2n) is 7.03. The molecule has 0 spiro atoms. The van der Waals surface area contributed by atoms with Crippen LogP contribution in [0.2, 0.25) is 0 Å². The third-order valence-corrected chi connectivity index (χ3v) is 3.55. The zero-order valence-electron chi connectivity index (χ0n) is 11.5. The van der Waals surface area contributed by atoms with Gasteiger partial charge < -0.3 is 16.8 Å². The van der Waals surface area contributed by atoms with E-state index in [0.717, 1.165) is 12.8 Å². The van der Waals surface area contributed by atoms with Crippen molar-refractivity contribution < 1.29 is 4.79 Å². The molecule has 0 bridgehead atoms. The first-order valence-electron chi connectivity index (χ1n) is 6.40. The smallest absolute Gasteiger partial charge is 0.235 e. The van der Waals surface area contributed by atoms with E-state index in [1.54, 1.807) is 0 Å². The van der Waals surface area contributed by atoms with Gasteiger partial charge in [-0.15, -0.1) is 0 Å². The second-order valence-corrected chi connectivity index (χ2v) is 7.03. The van der Waals surface area contributed by atoms with Crippen LogP contribution in [0.15, 0.2) is 0 Å². The van der Waals surface area contributed by atoms with Gasteiger partial charge in [-0.3, -0.25) is 4.79 Å². The molecule has 17 heavy (non-hydrogen) atoms. The molecule has 4 nitrogen and oxygen atoms in total. The van der Waals surface area contributed by atoms with Crippen LogP contribution in [0.1, 0.15) is 47.0 Å². The molecule has 1 saturated carbocycles. The van der Waals surface area contributed by atoms with Crippen molar-refractivity contribution in [2.75, 3.05) is 6.54 Å². The minimum Gasteiger partial charge on any atom is -0.368 e. The van der Waals surface area contributed by atoms with E-state index in [1.807, 2.05) is 0 Å². The van der Waals surface area contributed by atoms with Crippen molar-refractivity contribution >= 4 is 5.91 Å². The van der Waals surface area contributed by atoms with Crippen LogP contribution in [0.5, 0.6) is 0 Å². The lowest BCUT2D eigenvalue weighted by Gasteiger charge is -2.45. The van der Waals surface area contributed by atoms with E-state index >= 15 is 0 Å². The highest BCUT2D eigenvalue weighted by Gasteiger charge is 2.38. The summed E-state index contributed by atoms with van der Waals surface area (Å²) in [6.45, 7) is 9.69. The second kappa shape index (κ2) is 4.94. The van der Waals surface area contributed by atoms with Crippen molar-refractivity contribution in [1.82, 2.24) is 5.32 Å². The minimum absolute atomic E-state index is 0.343. The van der Waals surface area contributed by atoms with Gasteiger partial charge in [0.1, 0.15) is 0 Å². The molecular formula is C13H27N3O. The molecule has 0 aliphatic heterocycles. The Labute approximate surface area is 105 Å². The van der Waals surface area contributed by atoms with Gasteiger partial charge in [0.2, 0.25) is 5.91 Å². The van der Waals surface area contributed by atoms with Gasteiger partial charge in [-0.2, -0.15) is 0 Å². The van der Waals surface area contributed by atoms with Crippen molar-refractivity contribution in [1.29, 1.82) is 0 Å². The van der Waals surface area contributed by atoms with Gasteiger partial charge in [0.15, 0.2) is 0 Å². The largest absolute Gasteiger partial charge is 0.368 e. The zero-order chi connectivity index (χ0) is 13.3. The van der Waals surface area contributed by atoms with Crippen molar-refractivity contribution in [2.24, 2.45) is 22.3 Å². The Bertz CT molecular complexity index is 270. The molecule has 0 aromatic heterocycles. The van der Waals surface area contributed by atoms with E-state index in [0.29, 0.717) is 23.4 Å². The quantitative estimate of drug-likeness (QED) is 0.686. The average molecular weight is 241 g/mol. The predicted octanol–water partition coefficient (Wildman–Crippen LogP) is 0.994. The SMILES string of the molecule is CC1(C)CC(NCC(N)C(N)=O)CC(C)(C)C1. The molecule has 1 fully saturated rings. The molecule has 0 aromatic rings. The van der Waals surface area contributed by atoms with Crippen molar-refractivity contribution in [2.45, 2.75) is 59.0 Å². The van der Waals surface area contributed by atoms with Gasteiger partial charge in [0.25, 0.3) is 0 Å². The highest BCUT2D eigenvalue weighted by molar-refractivity contribution is 5.79. The van der Waals surface area contributed by atoms with Crippen LogP contribution >= 0.6 is 0 Å². The lowest BCUT2D eigenvalue weighted by molar-refractivity contribution is -0.119. The van der Waals surface area contributed by atoms with Gasteiger partial charge in [-0.25, -0.2) is 0 Å². The highest BCUT2D eigenvalue weighted by atomic mass is 16.1. The summed E-state index contributed by atoms with van der Waals surface area (Å²) in [5.41, 5.74) is 11.5. The third-order valence-electron chi connectivity index (χ3n) is 3.55. The summed E-state index contributed by atoms with van der Waals surface area (Å²) in [6, 6.07) is -0.151. The Morgan fingerprint density at radius 3 is 2.18 bits per heavy atom. The van der Waals surface area contributed by atoms with Crippen LogP contribution in [-0.2, 0) is 4.79 Å². The number of hydrogen-bond acceptors (Lipinski definition) is 3. The Balaban J connectivity index is 2.51. The number of rotatable bonds is 4. The fraction of sp³-hybridized carbons (Fsp3) is 0.923. The third kappa shape index (κ3) is 4.64. The Morgan fingerprint density at radius 1 is 1.29 bits per heavy atom. The minimum atomic E-state index is -0.580. The maximum absolute atomic E-state index is 10.9. The molecule has 1 rings (SSSR count). The van der Waals surface area contributed by atoms with Crippen LogP contribution in [0.25, 0.3) is 0 Å². The summed E-state index contributed by atoms with van der Waals surface area (Å²) in [6.07, 6.45) is 3.49. The van der Waals surface area contributed by atoms with Gasteiger partial charge in [0.05, 0.1) is 6.04 Å². The summed E-state index contributed by atoms with van der Waals surface area (Å²) in [5.74, 6) is -0.438. The first-order valence-corrected chi connectivity index (χ1v) is 6.40. The molecule has 5 N–H and O–H groups in total. The summed E-state index contributed by atoms with van der Waals surface area (Å²) in [4.78, 5) is 10.9. The van der Waals surface area contributed by atoms with Crippen LogP contribution in [0.4, 0.5) is 0 Å². The molecule has 0 saturated heterocycles. The van der Waals surface area contributed by atoms with Crippen molar-refractivity contribution in [3.63, 3.8) is 0 Å². The molecule has 100 valence electrons. The van der Waals surface area contributed by atoms with E-state index in [9.17, 15) is 4.79 Å². The average Bonchev–Trinajstić information content (AvgIpc) is 2.08. The predicted molar refractivity (Wildman–Crippen MR) is 70.4 cm³/mol. The van der Waals surface area contributed by atoms with Gasteiger partial charge in [0, 0.05) is 12.6 Å². The first kappa shape index (κ1) is 14.5. The number of carbonyl (C=O) groups is 1. The molecule has 0 aromatic carbocycles. The van der Waals surface area contributed by atoms with Gasteiger partial charge in [-0.05, 0) is 30.1 Å². The molecule has 1 atom stereocenters. The first-order chi connectivity index (χ1) is 7.61. The zero-order valence-corrected chi connectivity index (χ0v) is 11.5. The maximum Gasteiger partial charge on any atom is 0.235 e. The fourth-order valence-corrected chi connectivity index (χ4v) is 3.38. The summed E-state index contributed by atoms with van der Waals surface area (Å²) in [7, 11) is 0. The van der Waals surface area contributed by atoms with Crippen LogP contribution < -0.4 is 16.8 Å². The molecule has 4 heteroatoms. The molecule has 1 amide bonds. The van der Waals surface area contributed by atoms with Gasteiger partial charge >= 0.3 is 0 Å². The van der Waals surface area contributed by atoms with Gasteiger partial charge in [-0.1, -0.05) is 27.7 Å². The highest BCUT2D eigenvalue weighted by Crippen LogP contribution is 2.45. The number of nitrogens with two attached hydrogens (primary N) is 2. The van der Waals surface area contributed by atoms with E-state index in [1.165, 1.54) is 6.42 Å². The molecule has 1 aliphatic rings. The molecular weight excluding hydrogens is 214 g/mol. The van der Waals surface area contributed by atoms with E-state index in [-0.39, 0.29) is 0 Å². The lowest BCUT2D eigenvalue weighted by atomic mass is 9.63. The Kier molecular flexibility index (Phi) is 4.20. The van der Waals surface area contributed by atoms with E-state index in [4.69, 9.17) is 11.5 Å². The van der Waals surface area contributed by atoms with Crippen LogP contribution in [0, 0.1) is 10.8 Å². The molecule has 0 heterocycles. The summed E-state index contributed by atoms with van der Waals surface area (Å²) < 4.78 is 0. The van der Waals surface area contributed by atoms with Crippen molar-refractivity contribution in [3.05, 3.63) is 0 Å². The summed E-state index contributed by atoms with van der Waals surface area (Å²) in [5, 5.41) is 3.39. The number of primary amides is 1. The Morgan fingerprint density at radius 2 is 1.76 bits per heavy atom. The molecule has 1 unspecified atom stereocenters. The lowest BCUT2D eigenvalue weighted by Crippen LogP contribution is -2.50. The number of nitrogens with one attached hydrogen (secondary N) is 1. The number of carbonyl (C=O) groups excluding carboxylic acids is 1. The van der Waals surface area contributed by atoms with E-state index in [2.05, 4.69) is 33.0 Å². The fourth-order valence-electron chi connectivity index (χ4n) is 3.38. The Hall–Kier alpha value is -0.610. The monoisotopic (exact) mass is 241 g/mol. The normalized spacial score (nSPS) is 25.5. The van der Waals surface area contributed by atoms with E-state index < -0.39 is 11.9 Å². The topological polar surface area (TPSA) is 81.1 Å². The number of hydrogen-bond donors (Lipinski definition) is 3. The summed E-state index contributed by atoms with van der Waals surface area (Å²) >= 11 is 0. The maximum atomic E-state index is 10.9. The molecule has 1 aliphatic carbocycles. The van der Waals surface area contributed by atoms with Crippen LogP contribution in [0.3, 0.4) is 0 Å². The van der Waals surface area contributed by atoms with Crippen LogP contribution in [-0.4, -0.2) is 24.5 Å². The van der Waals surface area contributed by atoms with Crippen molar-refractivity contribution in [3.8, 4) is 0 Å². The molecule has 0 radical (unpaired) electrons. The standard InChI is InChI=1S/C13H27N3O/c1-12(2)5-9(6-13(3,4)8-12)16-7-10(14)11(15)17/h9-10,16H,5-8,14H2,1-4H3,(H2,15,17).